The normalized spacial score (nSPS) is 28.7. The summed E-state index contributed by atoms with van der Waals surface area (Å²) in [7, 11) is 0. The van der Waals surface area contributed by atoms with Crippen LogP contribution in [0.4, 0.5) is 0 Å². The second-order valence-electron chi connectivity index (χ2n) is 7.48. The number of hydrogen-bond donors (Lipinski definition) is 1. The molecule has 1 fully saturated rings. The van der Waals surface area contributed by atoms with Crippen LogP contribution in [-0.2, 0) is 9.59 Å². The molecule has 0 saturated heterocycles. The maximum Gasteiger partial charge on any atom is 0.224 e. The van der Waals surface area contributed by atoms with E-state index in [0.29, 0.717) is 32.0 Å². The fourth-order valence-corrected chi connectivity index (χ4v) is 4.77. The summed E-state index contributed by atoms with van der Waals surface area (Å²) >= 11 is 0. The quantitative estimate of drug-likeness (QED) is 0.733. The van der Waals surface area contributed by atoms with Crippen LogP contribution in [0.25, 0.3) is 0 Å². The predicted molar refractivity (Wildman–Crippen MR) is 92.8 cm³/mol. The van der Waals surface area contributed by atoms with Gasteiger partial charge in [-0.15, -0.1) is 0 Å². The van der Waals surface area contributed by atoms with Crippen LogP contribution in [0.2, 0.25) is 0 Å². The topological polar surface area (TPSA) is 49.4 Å². The zero-order chi connectivity index (χ0) is 17.3. The van der Waals surface area contributed by atoms with Crippen molar-refractivity contribution in [3.63, 3.8) is 0 Å². The van der Waals surface area contributed by atoms with E-state index in [0.717, 1.165) is 12.8 Å². The molecule has 2 amide bonds. The van der Waals surface area contributed by atoms with Crippen molar-refractivity contribution in [2.24, 2.45) is 22.7 Å². The summed E-state index contributed by atoms with van der Waals surface area (Å²) < 4.78 is 0. The minimum atomic E-state index is -0.269. The molecule has 0 aromatic rings. The number of fused-ring (bicyclic) bond motifs is 2. The van der Waals surface area contributed by atoms with E-state index in [1.54, 1.807) is 0 Å². The first kappa shape index (κ1) is 18.0. The third-order valence-electron chi connectivity index (χ3n) is 6.41. The number of rotatable bonds is 7. The molecule has 1 N–H and O–H groups in total. The van der Waals surface area contributed by atoms with E-state index >= 15 is 0 Å². The molecule has 0 heterocycles. The van der Waals surface area contributed by atoms with E-state index in [-0.39, 0.29) is 28.6 Å². The second-order valence-corrected chi connectivity index (χ2v) is 7.48. The molecule has 0 aromatic carbocycles. The maximum atomic E-state index is 12.8. The van der Waals surface area contributed by atoms with Gasteiger partial charge in [0, 0.05) is 31.5 Å². The van der Waals surface area contributed by atoms with Gasteiger partial charge >= 0.3 is 0 Å². The Bertz CT molecular complexity index is 494. The zero-order valence-electron chi connectivity index (χ0n) is 15.3. The van der Waals surface area contributed by atoms with Gasteiger partial charge in [0.15, 0.2) is 0 Å². The van der Waals surface area contributed by atoms with Crippen molar-refractivity contribution in [2.75, 3.05) is 19.6 Å². The molecule has 0 aromatic heterocycles. The number of nitrogens with one attached hydrogen (secondary N) is 1. The fraction of sp³-hybridized carbons (Fsp3) is 0.789. The fourth-order valence-electron chi connectivity index (χ4n) is 4.77. The predicted octanol–water partition coefficient (Wildman–Crippen LogP) is 2.99. The van der Waals surface area contributed by atoms with Gasteiger partial charge in [0.05, 0.1) is 5.92 Å². The largest absolute Gasteiger partial charge is 0.356 e. The molecule has 3 unspecified atom stereocenters. The second kappa shape index (κ2) is 6.66. The van der Waals surface area contributed by atoms with E-state index in [2.05, 4.69) is 31.3 Å². The summed E-state index contributed by atoms with van der Waals surface area (Å²) in [4.78, 5) is 27.3. The Morgan fingerprint density at radius 3 is 2.30 bits per heavy atom. The summed E-state index contributed by atoms with van der Waals surface area (Å²) in [6.45, 7) is 12.5. The SMILES string of the molecule is CCNC(=O)C(CC(=O)N(CC)CC)C12C=CC(CC1)C2(C)C. The lowest BCUT2D eigenvalue weighted by atomic mass is 9.60. The first-order chi connectivity index (χ1) is 10.8. The molecule has 0 radical (unpaired) electrons. The lowest BCUT2D eigenvalue weighted by Crippen LogP contribution is -2.48. The van der Waals surface area contributed by atoms with Gasteiger partial charge in [0.2, 0.25) is 11.8 Å². The van der Waals surface area contributed by atoms with Crippen LogP contribution in [-0.4, -0.2) is 36.3 Å². The lowest BCUT2D eigenvalue weighted by molar-refractivity contribution is -0.140. The number of hydrogen-bond acceptors (Lipinski definition) is 2. The average Bonchev–Trinajstić information content (AvgIpc) is 2.92. The molecule has 2 aliphatic rings. The van der Waals surface area contributed by atoms with Crippen LogP contribution in [0.5, 0.6) is 0 Å². The highest BCUT2D eigenvalue weighted by Crippen LogP contribution is 2.65. The van der Waals surface area contributed by atoms with Crippen LogP contribution >= 0.6 is 0 Å². The van der Waals surface area contributed by atoms with E-state index < -0.39 is 0 Å². The minimum absolute atomic E-state index is 0.0354. The number of nitrogens with zero attached hydrogens (tertiary/aromatic N) is 1. The van der Waals surface area contributed by atoms with Crippen LogP contribution in [0.1, 0.15) is 53.9 Å². The molecule has 4 heteroatoms. The van der Waals surface area contributed by atoms with Gasteiger partial charge in [0.1, 0.15) is 0 Å². The van der Waals surface area contributed by atoms with E-state index in [4.69, 9.17) is 0 Å². The molecular weight excluding hydrogens is 288 g/mol. The molecular formula is C19H32N2O2. The Morgan fingerprint density at radius 2 is 1.91 bits per heavy atom. The van der Waals surface area contributed by atoms with Crippen molar-refractivity contribution in [3.05, 3.63) is 12.2 Å². The van der Waals surface area contributed by atoms with Crippen LogP contribution in [0.3, 0.4) is 0 Å². The van der Waals surface area contributed by atoms with Crippen molar-refractivity contribution < 1.29 is 9.59 Å². The molecule has 130 valence electrons. The molecule has 0 spiro atoms. The van der Waals surface area contributed by atoms with Crippen LogP contribution < -0.4 is 5.32 Å². The Labute approximate surface area is 140 Å². The zero-order valence-corrected chi connectivity index (χ0v) is 15.3. The third-order valence-corrected chi connectivity index (χ3v) is 6.41. The molecule has 4 nitrogen and oxygen atoms in total. The van der Waals surface area contributed by atoms with Gasteiger partial charge in [-0.2, -0.15) is 0 Å². The van der Waals surface area contributed by atoms with Crippen molar-refractivity contribution in [1.82, 2.24) is 10.2 Å². The molecule has 2 rings (SSSR count). The van der Waals surface area contributed by atoms with Gasteiger partial charge in [-0.1, -0.05) is 26.0 Å². The Kier molecular flexibility index (Phi) is 5.22. The molecule has 0 aliphatic heterocycles. The van der Waals surface area contributed by atoms with E-state index in [9.17, 15) is 9.59 Å². The smallest absolute Gasteiger partial charge is 0.224 e. The summed E-state index contributed by atoms with van der Waals surface area (Å²) in [5.41, 5.74) is -0.133. The molecule has 1 saturated carbocycles. The monoisotopic (exact) mass is 320 g/mol. The Balaban J connectivity index is 2.31. The van der Waals surface area contributed by atoms with Crippen LogP contribution in [0, 0.1) is 22.7 Å². The average molecular weight is 320 g/mol. The Morgan fingerprint density at radius 1 is 1.26 bits per heavy atom. The van der Waals surface area contributed by atoms with E-state index in [1.165, 1.54) is 0 Å². The van der Waals surface area contributed by atoms with Crippen molar-refractivity contribution >= 4 is 11.8 Å². The number of allylic oxidation sites excluding steroid dienone is 2. The first-order valence-electron chi connectivity index (χ1n) is 9.08. The highest BCUT2D eigenvalue weighted by atomic mass is 16.2. The number of carbonyl (C=O) groups is 2. The highest BCUT2D eigenvalue weighted by molar-refractivity contribution is 5.87. The van der Waals surface area contributed by atoms with Gasteiger partial charge < -0.3 is 10.2 Å². The third kappa shape index (κ3) is 2.81. The van der Waals surface area contributed by atoms with Crippen molar-refractivity contribution in [1.29, 1.82) is 0 Å². The Hall–Kier alpha value is -1.32. The summed E-state index contributed by atoms with van der Waals surface area (Å²) in [6, 6.07) is 0. The summed E-state index contributed by atoms with van der Waals surface area (Å²) in [5.74, 6) is 0.394. The molecule has 2 bridgehead atoms. The minimum Gasteiger partial charge on any atom is -0.356 e. The highest BCUT2D eigenvalue weighted by Gasteiger charge is 2.61. The lowest BCUT2D eigenvalue weighted by Gasteiger charge is -2.43. The van der Waals surface area contributed by atoms with Gasteiger partial charge in [0.25, 0.3) is 0 Å². The van der Waals surface area contributed by atoms with Crippen molar-refractivity contribution in [2.45, 2.75) is 53.9 Å². The van der Waals surface area contributed by atoms with Crippen LogP contribution in [0.15, 0.2) is 12.2 Å². The van der Waals surface area contributed by atoms with Crippen molar-refractivity contribution in [3.8, 4) is 0 Å². The number of carbonyl (C=O) groups excluding carboxylic acids is 2. The first-order valence-corrected chi connectivity index (χ1v) is 9.08. The van der Waals surface area contributed by atoms with Gasteiger partial charge in [-0.25, -0.2) is 0 Å². The summed E-state index contributed by atoms with van der Waals surface area (Å²) in [5, 5.41) is 2.97. The molecule has 23 heavy (non-hydrogen) atoms. The summed E-state index contributed by atoms with van der Waals surface area (Å²) in [6.07, 6.45) is 6.97. The molecule has 3 atom stereocenters. The maximum absolute atomic E-state index is 12.8. The number of amides is 2. The van der Waals surface area contributed by atoms with Gasteiger partial charge in [-0.3, -0.25) is 9.59 Å². The van der Waals surface area contributed by atoms with Gasteiger partial charge in [-0.05, 0) is 44.9 Å². The standard InChI is InChI=1S/C19H32N2O2/c1-6-20-17(23)15(13-16(22)21(7-2)8-3)19-11-9-14(10-12-19)18(19,4)5/h9,11,14-15H,6-8,10,12-13H2,1-5H3,(H,20,23). The molecule has 2 aliphatic carbocycles. The van der Waals surface area contributed by atoms with E-state index in [1.807, 2.05) is 25.7 Å².